The Labute approximate surface area is 354 Å². The van der Waals surface area contributed by atoms with Crippen LogP contribution in [0.15, 0.2) is 127 Å². The molecule has 13 heteroatoms. The Morgan fingerprint density at radius 3 is 2.02 bits per heavy atom. The van der Waals surface area contributed by atoms with Gasteiger partial charge >= 0.3 is 0 Å². The maximum Gasteiger partial charge on any atom is 0.258 e. The molecule has 4 atom stereocenters. The van der Waals surface area contributed by atoms with Crippen LogP contribution in [-0.4, -0.2) is 78.6 Å². The van der Waals surface area contributed by atoms with Crippen molar-refractivity contribution in [2.45, 2.75) is 69.1 Å². The van der Waals surface area contributed by atoms with Crippen molar-refractivity contribution in [2.75, 3.05) is 19.8 Å². The summed E-state index contributed by atoms with van der Waals surface area (Å²) in [6, 6.07) is 33.9. The lowest BCUT2D eigenvalue weighted by molar-refractivity contribution is -0.135. The van der Waals surface area contributed by atoms with E-state index in [1.807, 2.05) is 115 Å². The monoisotopic (exact) mass is 829 g/mol. The second-order valence-electron chi connectivity index (χ2n) is 14.7. The Hall–Kier alpha value is -6.31. The molecule has 60 heavy (non-hydrogen) atoms. The topological polar surface area (TPSA) is 175 Å². The van der Waals surface area contributed by atoms with Crippen molar-refractivity contribution in [3.63, 3.8) is 0 Å². The minimum atomic E-state index is -1.16. The number of aliphatic hydroxyl groups is 1. The van der Waals surface area contributed by atoms with Crippen molar-refractivity contribution in [1.82, 2.24) is 26.6 Å². The molecule has 312 valence electrons. The van der Waals surface area contributed by atoms with Gasteiger partial charge in [-0.15, -0.1) is 11.3 Å². The first-order valence-corrected chi connectivity index (χ1v) is 21.1. The molecule has 3 heterocycles. The molecule has 4 aromatic carbocycles. The fraction of sp³-hybridized carbons (Fsp3) is 0.298. The number of aryl methyl sites for hydroxylation is 2. The van der Waals surface area contributed by atoms with E-state index < -0.39 is 53.7 Å². The third-order valence-electron chi connectivity index (χ3n) is 10.3. The molecule has 0 fully saturated rings. The molecular formula is C47H51N5O7S. The molecule has 0 unspecified atom stereocenters. The predicted octanol–water partition coefficient (Wildman–Crippen LogP) is 4.30. The summed E-state index contributed by atoms with van der Waals surface area (Å²) in [4.78, 5) is 70.5. The van der Waals surface area contributed by atoms with Gasteiger partial charge in [-0.1, -0.05) is 103 Å². The molecule has 0 radical (unpaired) electrons. The van der Waals surface area contributed by atoms with E-state index in [4.69, 9.17) is 4.74 Å². The highest BCUT2D eigenvalue weighted by Gasteiger charge is 2.32. The van der Waals surface area contributed by atoms with Crippen molar-refractivity contribution >= 4 is 40.9 Å². The zero-order chi connectivity index (χ0) is 42.1. The third-order valence-corrected chi connectivity index (χ3v) is 11.2. The van der Waals surface area contributed by atoms with Crippen molar-refractivity contribution in [3.05, 3.63) is 148 Å². The summed E-state index contributed by atoms with van der Waals surface area (Å²) in [7, 11) is 0. The van der Waals surface area contributed by atoms with E-state index in [1.165, 1.54) is 11.3 Å². The number of fused-ring (bicyclic) bond motifs is 17. The highest BCUT2D eigenvalue weighted by atomic mass is 32.1. The average molecular weight is 830 g/mol. The molecule has 1 aromatic heterocycles. The number of thiophene rings is 1. The number of amides is 5. The van der Waals surface area contributed by atoms with Gasteiger partial charge in [0.2, 0.25) is 23.6 Å². The number of ether oxygens (including phenoxy) is 1. The van der Waals surface area contributed by atoms with Crippen LogP contribution in [0.25, 0.3) is 11.1 Å². The Morgan fingerprint density at radius 2 is 1.33 bits per heavy atom. The van der Waals surface area contributed by atoms with E-state index in [9.17, 15) is 29.1 Å². The molecule has 2 aliphatic heterocycles. The van der Waals surface area contributed by atoms with E-state index in [0.29, 0.717) is 25.0 Å². The Kier molecular flexibility index (Phi) is 16.0. The molecule has 2 bridgehead atoms. The first-order chi connectivity index (χ1) is 29.2. The van der Waals surface area contributed by atoms with Gasteiger partial charge in [0.15, 0.2) is 6.61 Å². The fourth-order valence-electron chi connectivity index (χ4n) is 7.01. The fourth-order valence-corrected chi connectivity index (χ4v) is 7.76. The summed E-state index contributed by atoms with van der Waals surface area (Å²) in [5.74, 6) is -2.30. The number of rotatable bonds is 12. The van der Waals surface area contributed by atoms with Crippen LogP contribution >= 0.6 is 11.3 Å². The first kappa shape index (κ1) is 43.3. The van der Waals surface area contributed by atoms with E-state index in [-0.39, 0.29) is 45.4 Å². The Balaban J connectivity index is 1.32. The van der Waals surface area contributed by atoms with Gasteiger partial charge in [0, 0.05) is 24.3 Å². The minimum Gasteiger partial charge on any atom is -0.484 e. The second kappa shape index (κ2) is 22.2. The molecular weight excluding hydrogens is 779 g/mol. The summed E-state index contributed by atoms with van der Waals surface area (Å²) < 4.78 is 5.77. The summed E-state index contributed by atoms with van der Waals surface area (Å²) in [6.07, 6.45) is 2.29. The van der Waals surface area contributed by atoms with E-state index in [0.717, 1.165) is 32.7 Å². The molecule has 0 saturated carbocycles. The van der Waals surface area contributed by atoms with Gasteiger partial charge in [0.25, 0.3) is 5.91 Å². The van der Waals surface area contributed by atoms with Crippen LogP contribution < -0.4 is 31.3 Å². The lowest BCUT2D eigenvalue weighted by atomic mass is 9.99. The van der Waals surface area contributed by atoms with Gasteiger partial charge in [-0.05, 0) is 83.5 Å². The molecule has 5 aromatic rings. The summed E-state index contributed by atoms with van der Waals surface area (Å²) in [5, 5.41) is 25.5. The standard InChI is InChI=1S/C47H51N5O7S/c53-27-26-48-44(55)40-25-20-33-18-23-37(24-19-33)59-31-43(54)49-42(30-38-14-8-28-60-38)47(58)52-41(29-34-16-21-36(22-17-34)35-12-5-2-6-13-35)46(57)50-39(45(56)51-40)15-7-11-32-9-3-1-4-10-32/h1-6,8-10,12-14,16-19,21-24,28,39-42,53H,7,11,15,20,25-27,29-31H2,(H,48,55)(H,49,54)(H,50,57)(H,51,56)(H,52,58)/t39-,40+,41+,42-/m1/s1. The number of benzene rings is 4. The minimum absolute atomic E-state index is 0.00322. The summed E-state index contributed by atoms with van der Waals surface area (Å²) in [5.41, 5.74) is 4.69. The largest absolute Gasteiger partial charge is 0.484 e. The third kappa shape index (κ3) is 13.1. The second-order valence-corrected chi connectivity index (χ2v) is 15.8. The van der Waals surface area contributed by atoms with Crippen molar-refractivity contribution in [3.8, 4) is 16.9 Å². The Morgan fingerprint density at radius 1 is 0.683 bits per heavy atom. The van der Waals surface area contributed by atoms with Gasteiger partial charge < -0.3 is 36.4 Å². The number of hydrogen-bond donors (Lipinski definition) is 6. The molecule has 6 N–H and O–H groups in total. The molecule has 12 nitrogen and oxygen atoms in total. The Bertz CT molecular complexity index is 2150. The molecule has 0 aliphatic carbocycles. The average Bonchev–Trinajstić information content (AvgIpc) is 3.79. The maximum absolute atomic E-state index is 14.5. The normalized spacial score (nSPS) is 19.2. The maximum atomic E-state index is 14.5. The van der Waals surface area contributed by atoms with Gasteiger partial charge in [-0.25, -0.2) is 0 Å². The van der Waals surface area contributed by atoms with Crippen molar-refractivity contribution in [2.24, 2.45) is 0 Å². The molecule has 2 aliphatic rings. The van der Waals surface area contributed by atoms with Crippen LogP contribution in [0.5, 0.6) is 5.75 Å². The van der Waals surface area contributed by atoms with Gasteiger partial charge in [-0.3, -0.25) is 24.0 Å². The van der Waals surface area contributed by atoms with E-state index >= 15 is 0 Å². The number of carbonyl (C=O) groups excluding carboxylic acids is 5. The zero-order valence-electron chi connectivity index (χ0n) is 33.3. The highest BCUT2D eigenvalue weighted by Crippen LogP contribution is 2.21. The SMILES string of the molecule is O=C1COc2ccc(cc2)CC[C@@H](C(=O)NCCO)NC(=O)[C@@H](CCCc2ccccc2)NC(=O)[C@H](Cc2ccc(-c3ccccc3)cc2)NC(=O)[C@@H](Cc2cccs2)N1. The highest BCUT2D eigenvalue weighted by molar-refractivity contribution is 7.09. The van der Waals surface area contributed by atoms with Crippen LogP contribution in [0.2, 0.25) is 0 Å². The van der Waals surface area contributed by atoms with Crippen molar-refractivity contribution < 1.29 is 33.8 Å². The van der Waals surface area contributed by atoms with E-state index in [1.54, 1.807) is 12.1 Å². The number of aliphatic hydroxyl groups excluding tert-OH is 1. The number of carbonyl (C=O) groups is 5. The van der Waals surface area contributed by atoms with Gasteiger partial charge in [0.05, 0.1) is 6.61 Å². The molecule has 0 saturated heterocycles. The predicted molar refractivity (Wildman–Crippen MR) is 231 cm³/mol. The molecule has 5 amide bonds. The lowest BCUT2D eigenvalue weighted by Crippen LogP contribution is -2.59. The van der Waals surface area contributed by atoms with Crippen LogP contribution in [0.4, 0.5) is 0 Å². The van der Waals surface area contributed by atoms with Crippen molar-refractivity contribution in [1.29, 1.82) is 0 Å². The van der Waals surface area contributed by atoms with Crippen LogP contribution in [0.1, 0.15) is 40.8 Å². The van der Waals surface area contributed by atoms with Crippen LogP contribution in [-0.2, 0) is 49.7 Å². The molecule has 0 spiro atoms. The first-order valence-electron chi connectivity index (χ1n) is 20.3. The van der Waals surface area contributed by atoms with Gasteiger partial charge in [-0.2, -0.15) is 0 Å². The van der Waals surface area contributed by atoms with E-state index in [2.05, 4.69) is 26.6 Å². The quantitative estimate of drug-likeness (QED) is 0.102. The lowest BCUT2D eigenvalue weighted by Gasteiger charge is -2.27. The summed E-state index contributed by atoms with van der Waals surface area (Å²) in [6.45, 7) is -0.626. The van der Waals surface area contributed by atoms with Gasteiger partial charge in [0.1, 0.15) is 29.9 Å². The number of hydrogen-bond acceptors (Lipinski definition) is 8. The molecule has 7 rings (SSSR count). The zero-order valence-corrected chi connectivity index (χ0v) is 34.1. The van der Waals surface area contributed by atoms with Crippen LogP contribution in [0.3, 0.4) is 0 Å². The number of nitrogens with one attached hydrogen (secondary N) is 5. The summed E-state index contributed by atoms with van der Waals surface area (Å²) >= 11 is 1.44. The smallest absolute Gasteiger partial charge is 0.258 e. The van der Waals surface area contributed by atoms with Crippen LogP contribution in [0, 0.1) is 0 Å².